The highest BCUT2D eigenvalue weighted by Gasteiger charge is 2.21. The number of piperazine rings is 1. The monoisotopic (exact) mass is 517 g/mol. The molecule has 3 heterocycles. The molecule has 1 N–H and O–H groups in total. The van der Waals surface area contributed by atoms with Crippen LogP contribution in [-0.2, 0) is 0 Å². The zero-order chi connectivity index (χ0) is 27.1. The number of anilines is 1. The summed E-state index contributed by atoms with van der Waals surface area (Å²) in [5.41, 5.74) is 10.4. The van der Waals surface area contributed by atoms with Gasteiger partial charge in [-0.15, -0.1) is 11.3 Å². The fourth-order valence-corrected chi connectivity index (χ4v) is 7.11. The molecule has 0 unspecified atom stereocenters. The molecule has 5 nitrogen and oxygen atoms in total. The molecule has 0 spiro atoms. The molecule has 0 aliphatic carbocycles. The first kappa shape index (κ1) is 27.2. The maximum atomic E-state index is 12.4. The van der Waals surface area contributed by atoms with E-state index in [4.69, 9.17) is 4.74 Å². The lowest BCUT2D eigenvalue weighted by atomic mass is 9.68. The van der Waals surface area contributed by atoms with Gasteiger partial charge in [0.1, 0.15) is 60.7 Å². The van der Waals surface area contributed by atoms with Crippen molar-refractivity contribution < 1.29 is 4.74 Å². The number of ether oxygens (including phenoxy) is 1. The highest BCUT2D eigenvalue weighted by Crippen LogP contribution is 2.28. The Hall–Kier alpha value is -2.38. The number of nitrogens with one attached hydrogen (secondary N) is 1. The van der Waals surface area contributed by atoms with Crippen LogP contribution in [0.4, 0.5) is 5.69 Å². The van der Waals surface area contributed by atoms with Crippen molar-refractivity contribution in [2.45, 2.75) is 12.8 Å². The molecular weight excluding hydrogens is 482 g/mol. The summed E-state index contributed by atoms with van der Waals surface area (Å²) >= 11 is 1.86. The van der Waals surface area contributed by atoms with E-state index in [0.717, 1.165) is 78.6 Å². The van der Waals surface area contributed by atoms with Gasteiger partial charge in [0.15, 0.2) is 0 Å². The van der Waals surface area contributed by atoms with Gasteiger partial charge in [0, 0.05) is 47.5 Å². The molecule has 1 saturated heterocycles. The topological polar surface area (TPSA) is 48.6 Å². The molecule has 0 atom stereocenters. The van der Waals surface area contributed by atoms with Gasteiger partial charge >= 0.3 is 0 Å². The van der Waals surface area contributed by atoms with E-state index in [1.165, 1.54) is 37.6 Å². The van der Waals surface area contributed by atoms with E-state index >= 15 is 0 Å². The van der Waals surface area contributed by atoms with Crippen LogP contribution in [0.25, 0.3) is 21.0 Å². The second-order valence-corrected chi connectivity index (χ2v) is 12.0. The maximum absolute atomic E-state index is 12.4. The molecule has 0 amide bonds. The van der Waals surface area contributed by atoms with Gasteiger partial charge in [0.05, 0.1) is 6.61 Å². The summed E-state index contributed by atoms with van der Waals surface area (Å²) in [6.07, 6.45) is 2.14. The highest BCUT2D eigenvalue weighted by molar-refractivity contribution is 7.18. The Kier molecular flexibility index (Phi) is 7.88. The number of fused-ring (bicyclic) bond motifs is 2. The van der Waals surface area contributed by atoms with Crippen molar-refractivity contribution in [2.75, 3.05) is 44.2 Å². The SMILES string of the molecule is Bc1cc(B)c2sccc2c1N1CCN(CCCCOc2c(B)c(B)c3c(B)c(B)c(=O)[nH]c3c2B)CC1. The van der Waals surface area contributed by atoms with E-state index < -0.39 is 0 Å². The third-order valence-corrected chi connectivity index (χ3v) is 9.70. The second-order valence-electron chi connectivity index (χ2n) is 11.1. The van der Waals surface area contributed by atoms with Gasteiger partial charge in [-0.25, -0.2) is 0 Å². The van der Waals surface area contributed by atoms with Crippen molar-refractivity contribution in [3.8, 4) is 5.75 Å². The number of thiophene rings is 1. The van der Waals surface area contributed by atoms with Gasteiger partial charge < -0.3 is 14.6 Å². The fraction of sp³-hybridized carbons (Fsp3) is 0.320. The number of aromatic nitrogens is 1. The summed E-state index contributed by atoms with van der Waals surface area (Å²) < 4.78 is 7.77. The molecule has 5 rings (SSSR count). The van der Waals surface area contributed by atoms with Crippen molar-refractivity contribution >= 4 is 131 Å². The lowest BCUT2D eigenvalue weighted by Crippen LogP contribution is -2.48. The van der Waals surface area contributed by atoms with Gasteiger partial charge in [-0.05, 0) is 47.1 Å². The second kappa shape index (κ2) is 11.0. The summed E-state index contributed by atoms with van der Waals surface area (Å²) in [4.78, 5) is 20.7. The lowest BCUT2D eigenvalue weighted by molar-refractivity contribution is 0.239. The number of pyridine rings is 1. The summed E-state index contributed by atoms with van der Waals surface area (Å²) in [5, 5.41) is 4.80. The van der Waals surface area contributed by atoms with Gasteiger partial charge in [-0.2, -0.15) is 0 Å². The summed E-state index contributed by atoms with van der Waals surface area (Å²) in [7, 11) is 14.8. The standard InChI is InChI=1S/C25H34B7N3O2S/c26-13-11-14(27)24-12(3-10-38-24)22(13)35-7-5-34(6-8-35)4-1-2-9-37-23-18(30)16(28)15-17(29)19(31)25(36)33-21(15)20(23)32/h3,10-11H,1-2,4-9,26-32H2,(H,33,36). The predicted molar refractivity (Wildman–Crippen MR) is 187 cm³/mol. The first-order chi connectivity index (χ1) is 18.2. The van der Waals surface area contributed by atoms with Crippen molar-refractivity contribution in [3.63, 3.8) is 0 Å². The molecule has 188 valence electrons. The lowest BCUT2D eigenvalue weighted by Gasteiger charge is -2.37. The van der Waals surface area contributed by atoms with E-state index in [0.29, 0.717) is 6.61 Å². The average Bonchev–Trinajstić information content (AvgIpc) is 3.38. The minimum Gasteiger partial charge on any atom is -0.495 e. The van der Waals surface area contributed by atoms with Gasteiger partial charge in [-0.3, -0.25) is 9.69 Å². The number of rotatable bonds is 7. The van der Waals surface area contributed by atoms with Gasteiger partial charge in [-0.1, -0.05) is 33.4 Å². The van der Waals surface area contributed by atoms with Crippen LogP contribution in [0, 0.1) is 0 Å². The fourth-order valence-electron chi connectivity index (χ4n) is 6.23. The third-order valence-electron chi connectivity index (χ3n) is 8.65. The number of aromatic amines is 1. The zero-order valence-corrected chi connectivity index (χ0v) is 24.8. The Morgan fingerprint density at radius 1 is 0.868 bits per heavy atom. The van der Waals surface area contributed by atoms with Crippen LogP contribution in [0.2, 0.25) is 0 Å². The number of nitrogens with zero attached hydrogens (tertiary/aromatic N) is 2. The Balaban J connectivity index is 1.16. The molecule has 2 aromatic heterocycles. The van der Waals surface area contributed by atoms with Crippen molar-refractivity contribution in [1.29, 1.82) is 0 Å². The van der Waals surface area contributed by atoms with Crippen molar-refractivity contribution in [1.82, 2.24) is 9.88 Å². The van der Waals surface area contributed by atoms with Crippen LogP contribution in [-0.4, -0.2) is 104 Å². The van der Waals surface area contributed by atoms with Crippen molar-refractivity contribution in [3.05, 3.63) is 27.9 Å². The first-order valence-electron chi connectivity index (χ1n) is 13.9. The molecule has 2 aromatic carbocycles. The number of hydrogen-bond donors (Lipinski definition) is 1. The molecule has 0 saturated carbocycles. The van der Waals surface area contributed by atoms with Crippen LogP contribution in [0.3, 0.4) is 0 Å². The highest BCUT2D eigenvalue weighted by atomic mass is 32.1. The van der Waals surface area contributed by atoms with Crippen LogP contribution in [0.15, 0.2) is 22.3 Å². The summed E-state index contributed by atoms with van der Waals surface area (Å²) in [6.45, 7) is 6.18. The number of benzene rings is 2. The van der Waals surface area contributed by atoms with E-state index in [1.807, 2.05) is 27.0 Å². The maximum Gasteiger partial charge on any atom is 0.241 e. The van der Waals surface area contributed by atoms with Crippen LogP contribution in [0.5, 0.6) is 5.75 Å². The van der Waals surface area contributed by atoms with Crippen LogP contribution in [0.1, 0.15) is 12.8 Å². The molecule has 0 bridgehead atoms. The minimum absolute atomic E-state index is 0.00956. The Labute approximate surface area is 235 Å². The molecule has 4 aromatic rings. The predicted octanol–water partition coefficient (Wildman–Crippen LogP) is -7.47. The number of H-pyrrole nitrogens is 1. The Morgan fingerprint density at radius 2 is 1.58 bits per heavy atom. The zero-order valence-electron chi connectivity index (χ0n) is 24.0. The Morgan fingerprint density at radius 3 is 2.32 bits per heavy atom. The molecule has 1 aliphatic rings. The first-order valence-corrected chi connectivity index (χ1v) is 14.8. The molecular formula is C25H34B7N3O2S. The summed E-state index contributed by atoms with van der Waals surface area (Å²) in [6, 6.07) is 4.64. The van der Waals surface area contributed by atoms with Crippen LogP contribution < -0.4 is 53.4 Å². The molecule has 1 aliphatic heterocycles. The number of unbranched alkanes of at least 4 members (excludes halogenated alkanes) is 1. The smallest absolute Gasteiger partial charge is 0.241 e. The molecule has 0 radical (unpaired) electrons. The molecule has 13 heteroatoms. The van der Waals surface area contributed by atoms with Gasteiger partial charge in [0.25, 0.3) is 0 Å². The molecule has 1 fully saturated rings. The van der Waals surface area contributed by atoms with Crippen LogP contribution >= 0.6 is 11.3 Å². The third kappa shape index (κ3) is 4.88. The Bertz CT molecular complexity index is 1580. The normalized spacial score (nSPS) is 14.5. The summed E-state index contributed by atoms with van der Waals surface area (Å²) in [5.74, 6) is 0.927. The van der Waals surface area contributed by atoms with E-state index in [2.05, 4.69) is 71.5 Å². The van der Waals surface area contributed by atoms with E-state index in [-0.39, 0.29) is 5.56 Å². The van der Waals surface area contributed by atoms with Crippen molar-refractivity contribution in [2.24, 2.45) is 0 Å². The van der Waals surface area contributed by atoms with Gasteiger partial charge in [0.2, 0.25) is 5.56 Å². The average molecular weight is 516 g/mol. The van der Waals surface area contributed by atoms with E-state index in [1.54, 1.807) is 0 Å². The van der Waals surface area contributed by atoms with E-state index in [9.17, 15) is 4.79 Å². The molecule has 38 heavy (non-hydrogen) atoms. The minimum atomic E-state index is -0.00956. The quantitative estimate of drug-likeness (QED) is 0.196. The number of hydrogen-bond acceptors (Lipinski definition) is 5. The largest absolute Gasteiger partial charge is 0.495 e.